The Balaban J connectivity index is 2.10. The highest BCUT2D eigenvalue weighted by Gasteiger charge is 2.41. The fourth-order valence-electron chi connectivity index (χ4n) is 2.24. The second-order valence-electron chi connectivity index (χ2n) is 3.73. The number of piperidine rings is 1. The predicted octanol–water partition coefficient (Wildman–Crippen LogP) is 0.990. The largest absolute Gasteiger partial charge is 0.303 e. The molecule has 2 heterocycles. The highest BCUT2D eigenvalue weighted by atomic mass is 16.7. The molecule has 0 aromatic heterocycles. The second-order valence-corrected chi connectivity index (χ2v) is 3.73. The van der Waals surface area contributed by atoms with Crippen molar-refractivity contribution in [3.63, 3.8) is 0 Å². The highest BCUT2D eigenvalue weighted by molar-refractivity contribution is 5.56. The van der Waals surface area contributed by atoms with Gasteiger partial charge >= 0.3 is 0 Å². The number of aldehydes is 1. The molecule has 0 spiro atoms. The number of carbonyl (C=O) groups excluding carboxylic acids is 1. The third-order valence-corrected chi connectivity index (χ3v) is 2.94. The van der Waals surface area contributed by atoms with Crippen LogP contribution >= 0.6 is 0 Å². The first kappa shape index (κ1) is 8.20. The lowest BCUT2D eigenvalue weighted by Gasteiger charge is -2.28. The lowest BCUT2D eigenvalue weighted by Crippen LogP contribution is -2.36. The standard InChI is InChI=1S/C9H15NO2/c1-7-8(6-11)9-4-2-3-5-10(9)12-7/h6-9H,2-5H2,1H3. The number of hydroxylamine groups is 2. The first-order valence-electron chi connectivity index (χ1n) is 4.71. The van der Waals surface area contributed by atoms with Gasteiger partial charge < -0.3 is 4.79 Å². The number of carbonyl (C=O) groups is 1. The minimum absolute atomic E-state index is 0.0885. The van der Waals surface area contributed by atoms with E-state index in [-0.39, 0.29) is 12.0 Å². The van der Waals surface area contributed by atoms with E-state index in [2.05, 4.69) is 0 Å². The molecule has 2 rings (SSSR count). The van der Waals surface area contributed by atoms with Crippen molar-refractivity contribution in [3.8, 4) is 0 Å². The van der Waals surface area contributed by atoms with E-state index in [4.69, 9.17) is 4.84 Å². The molecule has 12 heavy (non-hydrogen) atoms. The van der Waals surface area contributed by atoms with Crippen molar-refractivity contribution in [2.45, 2.75) is 38.3 Å². The quantitative estimate of drug-likeness (QED) is 0.548. The fourth-order valence-corrected chi connectivity index (χ4v) is 2.24. The van der Waals surface area contributed by atoms with Gasteiger partial charge in [-0.25, -0.2) is 0 Å². The molecule has 2 saturated heterocycles. The Labute approximate surface area is 72.6 Å². The molecular formula is C9H15NO2. The number of nitrogens with zero attached hydrogens (tertiary/aromatic N) is 1. The first-order valence-corrected chi connectivity index (χ1v) is 4.71. The van der Waals surface area contributed by atoms with Crippen molar-refractivity contribution in [1.82, 2.24) is 5.06 Å². The molecule has 0 radical (unpaired) electrons. The maximum absolute atomic E-state index is 10.8. The van der Waals surface area contributed by atoms with Crippen molar-refractivity contribution in [2.24, 2.45) is 5.92 Å². The molecule has 0 aliphatic carbocycles. The zero-order valence-electron chi connectivity index (χ0n) is 7.40. The van der Waals surface area contributed by atoms with Gasteiger partial charge in [-0.2, -0.15) is 5.06 Å². The van der Waals surface area contributed by atoms with Crippen LogP contribution in [0.2, 0.25) is 0 Å². The van der Waals surface area contributed by atoms with Crippen LogP contribution < -0.4 is 0 Å². The van der Waals surface area contributed by atoms with Crippen molar-refractivity contribution >= 4 is 6.29 Å². The van der Waals surface area contributed by atoms with Gasteiger partial charge in [-0.1, -0.05) is 6.42 Å². The lowest BCUT2D eigenvalue weighted by atomic mass is 9.91. The molecule has 0 aromatic rings. The Morgan fingerprint density at radius 2 is 2.33 bits per heavy atom. The maximum atomic E-state index is 10.8. The van der Waals surface area contributed by atoms with Gasteiger partial charge in [0.1, 0.15) is 6.29 Å². The highest BCUT2D eigenvalue weighted by Crippen LogP contribution is 2.32. The summed E-state index contributed by atoms with van der Waals surface area (Å²) in [5.41, 5.74) is 0. The SMILES string of the molecule is CC1ON2CCCCC2C1C=O. The summed E-state index contributed by atoms with van der Waals surface area (Å²) in [6, 6.07) is 0.367. The van der Waals surface area contributed by atoms with Gasteiger partial charge in [-0.05, 0) is 19.8 Å². The van der Waals surface area contributed by atoms with Crippen LogP contribution in [-0.2, 0) is 9.63 Å². The van der Waals surface area contributed by atoms with E-state index < -0.39 is 0 Å². The van der Waals surface area contributed by atoms with E-state index in [1.54, 1.807) is 0 Å². The summed E-state index contributed by atoms with van der Waals surface area (Å²) in [5, 5.41) is 2.01. The van der Waals surface area contributed by atoms with E-state index in [1.165, 1.54) is 12.8 Å². The summed E-state index contributed by atoms with van der Waals surface area (Å²) in [6.45, 7) is 2.98. The maximum Gasteiger partial charge on any atom is 0.127 e. The van der Waals surface area contributed by atoms with E-state index >= 15 is 0 Å². The normalized spacial score (nSPS) is 42.6. The van der Waals surface area contributed by atoms with Crippen molar-refractivity contribution < 1.29 is 9.63 Å². The average molecular weight is 169 g/mol. The van der Waals surface area contributed by atoms with Crippen molar-refractivity contribution in [3.05, 3.63) is 0 Å². The van der Waals surface area contributed by atoms with Gasteiger partial charge in [-0.3, -0.25) is 4.84 Å². The second kappa shape index (κ2) is 3.15. The Morgan fingerprint density at radius 3 is 3.08 bits per heavy atom. The summed E-state index contributed by atoms with van der Waals surface area (Å²) >= 11 is 0. The van der Waals surface area contributed by atoms with E-state index in [0.717, 1.165) is 19.3 Å². The predicted molar refractivity (Wildman–Crippen MR) is 44.4 cm³/mol. The summed E-state index contributed by atoms with van der Waals surface area (Å²) in [4.78, 5) is 16.3. The molecule has 3 atom stereocenters. The van der Waals surface area contributed by atoms with Gasteiger partial charge in [0.2, 0.25) is 0 Å². The van der Waals surface area contributed by atoms with Crippen LogP contribution in [0.1, 0.15) is 26.2 Å². The Bertz CT molecular complexity index is 183. The molecule has 3 unspecified atom stereocenters. The molecule has 2 aliphatic rings. The number of fused-ring (bicyclic) bond motifs is 1. The molecule has 3 heteroatoms. The summed E-state index contributed by atoms with van der Waals surface area (Å²) in [5.74, 6) is 0.102. The molecule has 0 bridgehead atoms. The summed E-state index contributed by atoms with van der Waals surface area (Å²) < 4.78 is 0. The molecule has 0 N–H and O–H groups in total. The van der Waals surface area contributed by atoms with Crippen LogP contribution in [-0.4, -0.2) is 30.0 Å². The van der Waals surface area contributed by atoms with Crippen LogP contribution in [0.25, 0.3) is 0 Å². The van der Waals surface area contributed by atoms with Gasteiger partial charge in [0, 0.05) is 12.6 Å². The van der Waals surface area contributed by atoms with Gasteiger partial charge in [0.25, 0.3) is 0 Å². The molecule has 0 aromatic carbocycles. The molecule has 2 aliphatic heterocycles. The smallest absolute Gasteiger partial charge is 0.127 e. The van der Waals surface area contributed by atoms with E-state index in [9.17, 15) is 4.79 Å². The van der Waals surface area contributed by atoms with Crippen LogP contribution in [0.4, 0.5) is 0 Å². The Hall–Kier alpha value is -0.410. The van der Waals surface area contributed by atoms with Crippen LogP contribution in [0.5, 0.6) is 0 Å². The summed E-state index contributed by atoms with van der Waals surface area (Å²) in [6.07, 6.45) is 4.70. The molecule has 3 nitrogen and oxygen atoms in total. The van der Waals surface area contributed by atoms with E-state index in [1.807, 2.05) is 12.0 Å². The first-order chi connectivity index (χ1) is 5.83. The fraction of sp³-hybridized carbons (Fsp3) is 0.889. The molecule has 68 valence electrons. The van der Waals surface area contributed by atoms with Crippen LogP contribution in [0.15, 0.2) is 0 Å². The number of hydrogen-bond donors (Lipinski definition) is 0. The minimum atomic E-state index is 0.0885. The lowest BCUT2D eigenvalue weighted by molar-refractivity contribution is -0.167. The van der Waals surface area contributed by atoms with Gasteiger partial charge in [-0.15, -0.1) is 0 Å². The van der Waals surface area contributed by atoms with Crippen molar-refractivity contribution in [2.75, 3.05) is 6.54 Å². The van der Waals surface area contributed by atoms with Crippen LogP contribution in [0.3, 0.4) is 0 Å². The Morgan fingerprint density at radius 1 is 1.50 bits per heavy atom. The molecule has 0 amide bonds. The number of rotatable bonds is 1. The van der Waals surface area contributed by atoms with Gasteiger partial charge in [0.05, 0.1) is 12.0 Å². The summed E-state index contributed by atoms with van der Waals surface area (Å²) in [7, 11) is 0. The molecular weight excluding hydrogens is 154 g/mol. The van der Waals surface area contributed by atoms with E-state index in [0.29, 0.717) is 6.04 Å². The topological polar surface area (TPSA) is 29.5 Å². The monoisotopic (exact) mass is 169 g/mol. The number of hydrogen-bond acceptors (Lipinski definition) is 3. The zero-order chi connectivity index (χ0) is 8.55. The average Bonchev–Trinajstić information content (AvgIpc) is 2.40. The third-order valence-electron chi connectivity index (χ3n) is 2.94. The Kier molecular flexibility index (Phi) is 2.15. The van der Waals surface area contributed by atoms with Gasteiger partial charge in [0.15, 0.2) is 0 Å². The third kappa shape index (κ3) is 1.17. The minimum Gasteiger partial charge on any atom is -0.303 e. The zero-order valence-corrected chi connectivity index (χ0v) is 7.40. The molecule has 0 saturated carbocycles. The molecule has 2 fully saturated rings. The van der Waals surface area contributed by atoms with Crippen molar-refractivity contribution in [1.29, 1.82) is 0 Å². The van der Waals surface area contributed by atoms with Crippen LogP contribution in [0, 0.1) is 5.92 Å².